The molecule has 0 spiro atoms. The first kappa shape index (κ1) is 15.2. The fraction of sp³-hybridized carbons (Fsp3) is 0.143. The number of rotatable bonds is 3. The maximum atomic E-state index is 11.8. The fourth-order valence-corrected chi connectivity index (χ4v) is 1.77. The first-order valence-electron chi connectivity index (χ1n) is 6.46. The number of hydrogen-bond donors (Lipinski definition) is 4. The lowest BCUT2D eigenvalue weighted by molar-refractivity contribution is -0.136. The van der Waals surface area contributed by atoms with Gasteiger partial charge in [-0.15, -0.1) is 0 Å². The molecule has 0 aliphatic carbocycles. The molecule has 114 valence electrons. The predicted octanol–water partition coefficient (Wildman–Crippen LogP) is -0.121. The number of aromatic amines is 2. The molecule has 0 radical (unpaired) electrons. The van der Waals surface area contributed by atoms with Crippen molar-refractivity contribution in [2.75, 3.05) is 5.32 Å². The van der Waals surface area contributed by atoms with E-state index in [2.05, 4.69) is 15.6 Å². The van der Waals surface area contributed by atoms with Crippen LogP contribution in [0.25, 0.3) is 0 Å². The number of carbonyl (C=O) groups is 2. The van der Waals surface area contributed by atoms with E-state index in [9.17, 15) is 19.2 Å². The molecule has 4 N–H and O–H groups in total. The molecule has 0 aliphatic rings. The van der Waals surface area contributed by atoms with E-state index in [4.69, 9.17) is 0 Å². The molecule has 8 heteroatoms. The van der Waals surface area contributed by atoms with Gasteiger partial charge in [-0.25, -0.2) is 4.79 Å². The van der Waals surface area contributed by atoms with Crippen molar-refractivity contribution in [1.82, 2.24) is 15.3 Å². The highest BCUT2D eigenvalue weighted by molar-refractivity contribution is 6.39. The zero-order valence-corrected chi connectivity index (χ0v) is 11.7. The van der Waals surface area contributed by atoms with Crippen LogP contribution in [0.5, 0.6) is 0 Å². The molecule has 0 fully saturated rings. The molecular weight excluding hydrogens is 288 g/mol. The van der Waals surface area contributed by atoms with Crippen molar-refractivity contribution < 1.29 is 9.59 Å². The summed E-state index contributed by atoms with van der Waals surface area (Å²) in [6.45, 7) is 1.73. The Kier molecular flexibility index (Phi) is 4.52. The van der Waals surface area contributed by atoms with Crippen molar-refractivity contribution in [1.29, 1.82) is 0 Å². The Morgan fingerprint density at radius 1 is 1.09 bits per heavy atom. The molecule has 22 heavy (non-hydrogen) atoms. The minimum Gasteiger partial charge on any atom is -0.341 e. The molecule has 1 aromatic carbocycles. The van der Waals surface area contributed by atoms with Gasteiger partial charge in [-0.1, -0.05) is 30.3 Å². The lowest BCUT2D eigenvalue weighted by Gasteiger charge is -2.13. The normalized spacial score (nSPS) is 11.5. The van der Waals surface area contributed by atoms with Crippen LogP contribution in [-0.4, -0.2) is 21.8 Å². The number of hydrogen-bond acceptors (Lipinski definition) is 4. The van der Waals surface area contributed by atoms with Crippen LogP contribution in [0.3, 0.4) is 0 Å². The summed E-state index contributed by atoms with van der Waals surface area (Å²) in [5, 5.41) is 4.64. The van der Waals surface area contributed by atoms with Crippen molar-refractivity contribution in [2.24, 2.45) is 0 Å². The number of benzene rings is 1. The monoisotopic (exact) mass is 302 g/mol. The molecule has 1 unspecified atom stereocenters. The van der Waals surface area contributed by atoms with Gasteiger partial charge in [0.25, 0.3) is 5.56 Å². The van der Waals surface area contributed by atoms with Gasteiger partial charge < -0.3 is 15.6 Å². The first-order chi connectivity index (χ1) is 10.5. The van der Waals surface area contributed by atoms with Crippen molar-refractivity contribution >= 4 is 17.5 Å². The summed E-state index contributed by atoms with van der Waals surface area (Å²) < 4.78 is 0. The SMILES string of the molecule is CC(NC(=O)C(=O)Nc1c[nH]c(=O)[nH]c1=O)c1ccccc1. The number of anilines is 1. The van der Waals surface area contributed by atoms with Gasteiger partial charge in [0.1, 0.15) is 5.69 Å². The van der Waals surface area contributed by atoms with Crippen LogP contribution < -0.4 is 21.9 Å². The molecule has 0 aliphatic heterocycles. The van der Waals surface area contributed by atoms with Crippen LogP contribution in [0.15, 0.2) is 46.1 Å². The number of aromatic nitrogens is 2. The standard InChI is InChI=1S/C14H14N4O4/c1-8(9-5-3-2-4-6-9)16-12(20)13(21)17-10-7-15-14(22)18-11(10)19/h2-8H,1H3,(H,16,20)(H,17,21)(H2,15,18,19,22). The molecular formula is C14H14N4O4. The maximum absolute atomic E-state index is 11.8. The van der Waals surface area contributed by atoms with E-state index in [-0.39, 0.29) is 11.7 Å². The van der Waals surface area contributed by atoms with Gasteiger partial charge in [-0.3, -0.25) is 19.4 Å². The third-order valence-electron chi connectivity index (χ3n) is 2.92. The summed E-state index contributed by atoms with van der Waals surface area (Å²) in [5.41, 5.74) is -0.871. The van der Waals surface area contributed by atoms with Crippen molar-refractivity contribution in [3.05, 3.63) is 62.9 Å². The zero-order chi connectivity index (χ0) is 16.1. The Hall–Kier alpha value is -3.16. The van der Waals surface area contributed by atoms with Gasteiger partial charge in [0.2, 0.25) is 0 Å². The highest BCUT2D eigenvalue weighted by atomic mass is 16.2. The second-order valence-electron chi connectivity index (χ2n) is 4.55. The first-order valence-corrected chi connectivity index (χ1v) is 6.46. The average molecular weight is 302 g/mol. The lowest BCUT2D eigenvalue weighted by atomic mass is 10.1. The second kappa shape index (κ2) is 6.53. The molecule has 2 amide bonds. The van der Waals surface area contributed by atoms with Crippen molar-refractivity contribution in [3.8, 4) is 0 Å². The Labute approximate surface area is 124 Å². The Balaban J connectivity index is 2.02. The van der Waals surface area contributed by atoms with Crippen LogP contribution in [0.2, 0.25) is 0 Å². The summed E-state index contributed by atoms with van der Waals surface area (Å²) in [6, 6.07) is 8.74. The van der Waals surface area contributed by atoms with Crippen LogP contribution in [0.1, 0.15) is 18.5 Å². The van der Waals surface area contributed by atoms with E-state index in [0.29, 0.717) is 0 Å². The molecule has 1 atom stereocenters. The number of nitrogens with one attached hydrogen (secondary N) is 4. The highest BCUT2D eigenvalue weighted by Gasteiger charge is 2.18. The van der Waals surface area contributed by atoms with E-state index in [0.717, 1.165) is 11.8 Å². The van der Waals surface area contributed by atoms with Gasteiger partial charge in [0.15, 0.2) is 0 Å². The molecule has 8 nitrogen and oxygen atoms in total. The molecule has 0 bridgehead atoms. The number of carbonyl (C=O) groups excluding carboxylic acids is 2. The Bertz CT molecular complexity index is 794. The van der Waals surface area contributed by atoms with Crippen molar-refractivity contribution in [3.63, 3.8) is 0 Å². The quantitative estimate of drug-likeness (QED) is 0.590. The van der Waals surface area contributed by atoms with Crippen molar-refractivity contribution in [2.45, 2.75) is 13.0 Å². The summed E-state index contributed by atoms with van der Waals surface area (Å²) >= 11 is 0. The van der Waals surface area contributed by atoms with Gasteiger partial charge in [-0.2, -0.15) is 0 Å². The zero-order valence-electron chi connectivity index (χ0n) is 11.7. The van der Waals surface area contributed by atoms with Crippen LogP contribution >= 0.6 is 0 Å². The van der Waals surface area contributed by atoms with Gasteiger partial charge in [0, 0.05) is 6.20 Å². The Morgan fingerprint density at radius 2 is 1.77 bits per heavy atom. The maximum Gasteiger partial charge on any atom is 0.325 e. The summed E-state index contributed by atoms with van der Waals surface area (Å²) in [4.78, 5) is 50.0. The summed E-state index contributed by atoms with van der Waals surface area (Å²) in [6.07, 6.45) is 1.02. The number of H-pyrrole nitrogens is 2. The van der Waals surface area contributed by atoms with Gasteiger partial charge in [0.05, 0.1) is 6.04 Å². The largest absolute Gasteiger partial charge is 0.341 e. The topological polar surface area (TPSA) is 124 Å². The predicted molar refractivity (Wildman–Crippen MR) is 79.3 cm³/mol. The molecule has 1 heterocycles. The third kappa shape index (κ3) is 3.69. The van der Waals surface area contributed by atoms with E-state index in [1.807, 2.05) is 35.3 Å². The smallest absolute Gasteiger partial charge is 0.325 e. The fourth-order valence-electron chi connectivity index (χ4n) is 1.77. The molecule has 2 rings (SSSR count). The number of amides is 2. The minimum atomic E-state index is -1.000. The molecule has 0 saturated heterocycles. The lowest BCUT2D eigenvalue weighted by Crippen LogP contribution is -2.38. The van der Waals surface area contributed by atoms with E-state index in [1.54, 1.807) is 6.92 Å². The molecule has 1 aromatic heterocycles. The van der Waals surface area contributed by atoms with Gasteiger partial charge >= 0.3 is 17.5 Å². The Morgan fingerprint density at radius 3 is 2.41 bits per heavy atom. The van der Waals surface area contributed by atoms with E-state index in [1.165, 1.54) is 0 Å². The van der Waals surface area contributed by atoms with Crippen LogP contribution in [0.4, 0.5) is 5.69 Å². The van der Waals surface area contributed by atoms with Gasteiger partial charge in [-0.05, 0) is 12.5 Å². The second-order valence-corrected chi connectivity index (χ2v) is 4.55. The molecule has 2 aromatic rings. The minimum absolute atomic E-state index is 0.216. The average Bonchev–Trinajstić information content (AvgIpc) is 2.50. The highest BCUT2D eigenvalue weighted by Crippen LogP contribution is 2.10. The summed E-state index contributed by atoms with van der Waals surface area (Å²) in [5.74, 6) is -1.89. The summed E-state index contributed by atoms with van der Waals surface area (Å²) in [7, 11) is 0. The molecule has 0 saturated carbocycles. The third-order valence-corrected chi connectivity index (χ3v) is 2.92. The van der Waals surface area contributed by atoms with Crippen LogP contribution in [-0.2, 0) is 9.59 Å². The van der Waals surface area contributed by atoms with E-state index < -0.39 is 23.1 Å². The van der Waals surface area contributed by atoms with E-state index >= 15 is 0 Å². The van der Waals surface area contributed by atoms with Crippen LogP contribution in [0, 0.1) is 0 Å².